The van der Waals surface area contributed by atoms with Gasteiger partial charge in [-0.3, -0.25) is 9.59 Å². The van der Waals surface area contributed by atoms with Gasteiger partial charge in [-0.15, -0.1) is 0 Å². The molecule has 98 valence electrons. The Balaban J connectivity index is 2.60. The van der Waals surface area contributed by atoms with Gasteiger partial charge in [0.05, 0.1) is 13.2 Å². The molecule has 1 rings (SSSR count). The van der Waals surface area contributed by atoms with Gasteiger partial charge in [0.15, 0.2) is 0 Å². The summed E-state index contributed by atoms with van der Waals surface area (Å²) in [7, 11) is 0. The summed E-state index contributed by atoms with van der Waals surface area (Å²) in [4.78, 5) is 25.9. The van der Waals surface area contributed by atoms with E-state index in [2.05, 4.69) is 5.32 Å². The normalized spacial score (nSPS) is 16.8. The molecule has 17 heavy (non-hydrogen) atoms. The van der Waals surface area contributed by atoms with E-state index in [1.54, 1.807) is 18.7 Å². The molecule has 0 aromatic carbocycles. The van der Waals surface area contributed by atoms with Crippen LogP contribution in [0, 0.1) is 5.41 Å². The summed E-state index contributed by atoms with van der Waals surface area (Å²) in [5, 5.41) is 2.77. The maximum absolute atomic E-state index is 12.2. The summed E-state index contributed by atoms with van der Waals surface area (Å²) in [6, 6.07) is 0. The quantitative estimate of drug-likeness (QED) is 0.726. The van der Waals surface area contributed by atoms with Gasteiger partial charge in [0, 0.05) is 19.6 Å². The molecule has 1 N–H and O–H groups in total. The Morgan fingerprint density at radius 2 is 1.88 bits per heavy atom. The lowest BCUT2D eigenvalue weighted by molar-refractivity contribution is -0.151. The van der Waals surface area contributed by atoms with E-state index in [9.17, 15) is 9.59 Å². The van der Waals surface area contributed by atoms with Crippen molar-refractivity contribution >= 4 is 11.8 Å². The van der Waals surface area contributed by atoms with Gasteiger partial charge in [0.2, 0.25) is 11.8 Å². The molecule has 1 heterocycles. The Bertz CT molecular complexity index is 283. The first-order valence-corrected chi connectivity index (χ1v) is 6.15. The first-order valence-electron chi connectivity index (χ1n) is 6.15. The number of ether oxygens (including phenoxy) is 1. The van der Waals surface area contributed by atoms with Crippen LogP contribution in [0.4, 0.5) is 0 Å². The van der Waals surface area contributed by atoms with Gasteiger partial charge in [0.25, 0.3) is 0 Å². The van der Waals surface area contributed by atoms with Crippen molar-refractivity contribution in [1.82, 2.24) is 10.2 Å². The monoisotopic (exact) mass is 242 g/mol. The maximum Gasteiger partial charge on any atom is 0.237 e. The number of hydrogen-bond acceptors (Lipinski definition) is 3. The number of amides is 2. The van der Waals surface area contributed by atoms with Gasteiger partial charge < -0.3 is 15.0 Å². The molecule has 0 bridgehead atoms. The van der Waals surface area contributed by atoms with E-state index >= 15 is 0 Å². The molecule has 0 aliphatic carbocycles. The highest BCUT2D eigenvalue weighted by atomic mass is 16.5. The molecule has 0 spiro atoms. The minimum atomic E-state index is -0.994. The fourth-order valence-corrected chi connectivity index (χ4v) is 1.72. The molecule has 5 heteroatoms. The second kappa shape index (κ2) is 6.00. The van der Waals surface area contributed by atoms with Crippen LogP contribution in [0.2, 0.25) is 0 Å². The van der Waals surface area contributed by atoms with Crippen molar-refractivity contribution in [2.24, 2.45) is 5.41 Å². The molecule has 1 aliphatic heterocycles. The maximum atomic E-state index is 12.2. The van der Waals surface area contributed by atoms with Crippen LogP contribution in [0.5, 0.6) is 0 Å². The highest BCUT2D eigenvalue weighted by Gasteiger charge is 2.39. The van der Waals surface area contributed by atoms with Crippen LogP contribution in [0.15, 0.2) is 0 Å². The number of morpholine rings is 1. The molecule has 0 aromatic heterocycles. The van der Waals surface area contributed by atoms with Crippen molar-refractivity contribution < 1.29 is 14.3 Å². The Morgan fingerprint density at radius 3 is 2.41 bits per heavy atom. The van der Waals surface area contributed by atoms with Crippen molar-refractivity contribution in [3.63, 3.8) is 0 Å². The molecule has 1 aliphatic rings. The average Bonchev–Trinajstić information content (AvgIpc) is 2.35. The van der Waals surface area contributed by atoms with Gasteiger partial charge in [-0.2, -0.15) is 0 Å². The highest BCUT2D eigenvalue weighted by molar-refractivity contribution is 6.04. The Labute approximate surface area is 102 Å². The number of hydrogen-bond donors (Lipinski definition) is 1. The predicted octanol–water partition coefficient (Wildman–Crippen LogP) is 0.398. The average molecular weight is 242 g/mol. The molecule has 2 amide bonds. The lowest BCUT2D eigenvalue weighted by atomic mass is 9.90. The molecular weight excluding hydrogens is 220 g/mol. The second-order valence-electron chi connectivity index (χ2n) is 4.79. The smallest absolute Gasteiger partial charge is 0.237 e. The summed E-state index contributed by atoms with van der Waals surface area (Å²) in [5.74, 6) is -0.315. The van der Waals surface area contributed by atoms with E-state index < -0.39 is 5.41 Å². The third-order valence-corrected chi connectivity index (χ3v) is 2.94. The zero-order chi connectivity index (χ0) is 12.9. The van der Waals surface area contributed by atoms with E-state index in [0.29, 0.717) is 32.8 Å². The van der Waals surface area contributed by atoms with E-state index in [-0.39, 0.29) is 11.8 Å². The van der Waals surface area contributed by atoms with E-state index in [4.69, 9.17) is 4.74 Å². The molecule has 0 aromatic rings. The third-order valence-electron chi connectivity index (χ3n) is 2.94. The van der Waals surface area contributed by atoms with Crippen molar-refractivity contribution in [1.29, 1.82) is 0 Å². The molecule has 0 atom stereocenters. The standard InChI is InChI=1S/C12H22N2O3/c1-4-5-13-10(15)12(2,3)11(16)14-6-8-17-9-7-14/h4-9H2,1-3H3,(H,13,15). The summed E-state index contributed by atoms with van der Waals surface area (Å²) in [5.41, 5.74) is -0.994. The number of nitrogens with zero attached hydrogens (tertiary/aromatic N) is 1. The van der Waals surface area contributed by atoms with Gasteiger partial charge in [0.1, 0.15) is 5.41 Å². The third kappa shape index (κ3) is 3.43. The van der Waals surface area contributed by atoms with E-state index in [1.807, 2.05) is 6.92 Å². The van der Waals surface area contributed by atoms with Crippen LogP contribution in [-0.4, -0.2) is 49.6 Å². The lowest BCUT2D eigenvalue weighted by Crippen LogP contribution is -2.52. The highest BCUT2D eigenvalue weighted by Crippen LogP contribution is 2.20. The molecule has 1 saturated heterocycles. The fraction of sp³-hybridized carbons (Fsp3) is 0.833. The molecule has 0 unspecified atom stereocenters. The van der Waals surface area contributed by atoms with Crippen molar-refractivity contribution in [2.75, 3.05) is 32.8 Å². The van der Waals surface area contributed by atoms with Crippen molar-refractivity contribution in [3.05, 3.63) is 0 Å². The van der Waals surface area contributed by atoms with Crippen LogP contribution in [0.25, 0.3) is 0 Å². The zero-order valence-corrected chi connectivity index (χ0v) is 10.9. The minimum Gasteiger partial charge on any atom is -0.378 e. The topological polar surface area (TPSA) is 58.6 Å². The lowest BCUT2D eigenvalue weighted by Gasteiger charge is -2.33. The Morgan fingerprint density at radius 1 is 1.29 bits per heavy atom. The summed E-state index contributed by atoms with van der Waals surface area (Å²) < 4.78 is 5.19. The number of nitrogens with one attached hydrogen (secondary N) is 1. The molecule has 0 radical (unpaired) electrons. The van der Waals surface area contributed by atoms with Crippen LogP contribution < -0.4 is 5.32 Å². The van der Waals surface area contributed by atoms with Crippen molar-refractivity contribution in [3.8, 4) is 0 Å². The van der Waals surface area contributed by atoms with Crippen LogP contribution in [-0.2, 0) is 14.3 Å². The minimum absolute atomic E-state index is 0.116. The number of carbonyl (C=O) groups excluding carboxylic acids is 2. The zero-order valence-electron chi connectivity index (χ0n) is 10.9. The second-order valence-corrected chi connectivity index (χ2v) is 4.79. The first-order chi connectivity index (χ1) is 8.00. The van der Waals surface area contributed by atoms with Gasteiger partial charge in [-0.1, -0.05) is 6.92 Å². The summed E-state index contributed by atoms with van der Waals surface area (Å²) >= 11 is 0. The first kappa shape index (κ1) is 14.0. The van der Waals surface area contributed by atoms with Crippen LogP contribution in [0.1, 0.15) is 27.2 Å². The van der Waals surface area contributed by atoms with Crippen LogP contribution >= 0.6 is 0 Å². The largest absolute Gasteiger partial charge is 0.378 e. The molecular formula is C12H22N2O3. The van der Waals surface area contributed by atoms with Crippen molar-refractivity contribution in [2.45, 2.75) is 27.2 Å². The van der Waals surface area contributed by atoms with Gasteiger partial charge in [-0.05, 0) is 20.3 Å². The SMILES string of the molecule is CCCNC(=O)C(C)(C)C(=O)N1CCOCC1. The Kier molecular flexibility index (Phi) is 4.93. The Hall–Kier alpha value is -1.10. The molecule has 0 saturated carbocycles. The summed E-state index contributed by atoms with van der Waals surface area (Å²) in [6.45, 7) is 8.20. The molecule has 5 nitrogen and oxygen atoms in total. The fourth-order valence-electron chi connectivity index (χ4n) is 1.72. The van der Waals surface area contributed by atoms with Gasteiger partial charge >= 0.3 is 0 Å². The van der Waals surface area contributed by atoms with E-state index in [0.717, 1.165) is 6.42 Å². The molecule has 1 fully saturated rings. The summed E-state index contributed by atoms with van der Waals surface area (Å²) in [6.07, 6.45) is 0.869. The predicted molar refractivity (Wildman–Crippen MR) is 64.5 cm³/mol. The van der Waals surface area contributed by atoms with Gasteiger partial charge in [-0.25, -0.2) is 0 Å². The number of carbonyl (C=O) groups is 2. The number of rotatable bonds is 4. The van der Waals surface area contributed by atoms with Crippen LogP contribution in [0.3, 0.4) is 0 Å². The van der Waals surface area contributed by atoms with E-state index in [1.165, 1.54) is 0 Å².